The highest BCUT2D eigenvalue weighted by atomic mass is 35.5. The van der Waals surface area contributed by atoms with Gasteiger partial charge in [0, 0.05) is 19.1 Å². The van der Waals surface area contributed by atoms with Gasteiger partial charge in [-0.05, 0) is 43.6 Å². The van der Waals surface area contributed by atoms with Crippen LogP contribution in [0, 0.1) is 5.82 Å². The lowest BCUT2D eigenvalue weighted by molar-refractivity contribution is 0.166. The number of halogens is 2. The summed E-state index contributed by atoms with van der Waals surface area (Å²) in [5, 5.41) is 3.61. The van der Waals surface area contributed by atoms with Crippen LogP contribution in [0.4, 0.5) is 4.39 Å². The van der Waals surface area contributed by atoms with E-state index >= 15 is 0 Å². The number of benzene rings is 1. The van der Waals surface area contributed by atoms with Gasteiger partial charge in [0.1, 0.15) is 5.82 Å². The normalized spacial score (nSPS) is 20.3. The Labute approximate surface area is 113 Å². The summed E-state index contributed by atoms with van der Waals surface area (Å²) in [5.41, 5.74) is 0.990. The molecule has 1 aromatic rings. The summed E-state index contributed by atoms with van der Waals surface area (Å²) in [5.74, 6) is -0.327. The van der Waals surface area contributed by atoms with Gasteiger partial charge >= 0.3 is 0 Å². The lowest BCUT2D eigenvalue weighted by Gasteiger charge is -2.34. The maximum atomic E-state index is 13.4. The van der Waals surface area contributed by atoms with Gasteiger partial charge in [-0.25, -0.2) is 4.39 Å². The number of rotatable bonds is 4. The lowest BCUT2D eigenvalue weighted by Crippen LogP contribution is -2.45. The number of likely N-dealkylation sites (N-methyl/N-ethyl adjacent to an activating group) is 1. The second kappa shape index (κ2) is 6.50. The fourth-order valence-electron chi connectivity index (χ4n) is 2.52. The van der Waals surface area contributed by atoms with E-state index in [4.69, 9.17) is 11.6 Å². The Morgan fingerprint density at radius 3 is 2.94 bits per heavy atom. The van der Waals surface area contributed by atoms with Crippen molar-refractivity contribution < 1.29 is 4.39 Å². The molecule has 1 aromatic carbocycles. The molecule has 4 heteroatoms. The van der Waals surface area contributed by atoms with Crippen LogP contribution in [0.15, 0.2) is 18.2 Å². The Hall–Kier alpha value is -0.640. The number of hydrogen-bond acceptors (Lipinski definition) is 2. The first-order chi connectivity index (χ1) is 8.70. The maximum Gasteiger partial charge on any atom is 0.142 e. The molecule has 1 unspecified atom stereocenters. The zero-order chi connectivity index (χ0) is 13.0. The molecule has 0 spiro atoms. The van der Waals surface area contributed by atoms with Crippen molar-refractivity contribution in [1.29, 1.82) is 0 Å². The van der Waals surface area contributed by atoms with Crippen molar-refractivity contribution in [2.75, 3.05) is 19.6 Å². The molecule has 0 radical (unpaired) electrons. The fraction of sp³-hybridized carbons (Fsp3) is 0.571. The molecule has 0 amide bonds. The predicted octanol–water partition coefficient (Wildman–Crippen LogP) is 3.05. The third-order valence-electron chi connectivity index (χ3n) is 3.56. The third-order valence-corrected chi connectivity index (χ3v) is 3.87. The van der Waals surface area contributed by atoms with E-state index in [1.165, 1.54) is 12.8 Å². The van der Waals surface area contributed by atoms with Crippen LogP contribution in [-0.4, -0.2) is 30.6 Å². The molecule has 1 saturated heterocycles. The van der Waals surface area contributed by atoms with Gasteiger partial charge in [0.05, 0.1) is 5.02 Å². The number of hydrogen-bond donors (Lipinski definition) is 1. The summed E-state index contributed by atoms with van der Waals surface area (Å²) in [6, 6.07) is 5.65. The molecule has 0 aromatic heterocycles. The van der Waals surface area contributed by atoms with E-state index in [1.54, 1.807) is 12.1 Å². The summed E-state index contributed by atoms with van der Waals surface area (Å²) >= 11 is 5.70. The predicted molar refractivity (Wildman–Crippen MR) is 73.4 cm³/mol. The van der Waals surface area contributed by atoms with Crippen molar-refractivity contribution in [1.82, 2.24) is 10.2 Å². The quantitative estimate of drug-likeness (QED) is 0.905. The SMILES string of the molecule is CCN(Cc1ccc(Cl)c(F)c1)C1CCCNC1. The smallest absolute Gasteiger partial charge is 0.142 e. The maximum absolute atomic E-state index is 13.4. The summed E-state index contributed by atoms with van der Waals surface area (Å²) < 4.78 is 13.4. The molecule has 0 bridgehead atoms. The van der Waals surface area contributed by atoms with Gasteiger partial charge in [-0.2, -0.15) is 0 Å². The largest absolute Gasteiger partial charge is 0.315 e. The van der Waals surface area contributed by atoms with Crippen LogP contribution in [0.2, 0.25) is 5.02 Å². The topological polar surface area (TPSA) is 15.3 Å². The third kappa shape index (κ3) is 3.44. The van der Waals surface area contributed by atoms with Crippen LogP contribution in [-0.2, 0) is 6.54 Å². The number of nitrogens with one attached hydrogen (secondary N) is 1. The highest BCUT2D eigenvalue weighted by Crippen LogP contribution is 2.19. The van der Waals surface area contributed by atoms with Crippen LogP contribution in [0.25, 0.3) is 0 Å². The van der Waals surface area contributed by atoms with Gasteiger partial charge in [-0.15, -0.1) is 0 Å². The van der Waals surface area contributed by atoms with Gasteiger partial charge in [-0.1, -0.05) is 24.6 Å². The van der Waals surface area contributed by atoms with Crippen LogP contribution in [0.5, 0.6) is 0 Å². The minimum atomic E-state index is -0.327. The summed E-state index contributed by atoms with van der Waals surface area (Å²) in [6.07, 6.45) is 2.44. The van der Waals surface area contributed by atoms with Gasteiger partial charge < -0.3 is 5.32 Å². The molecule has 0 saturated carbocycles. The molecule has 1 heterocycles. The molecule has 2 nitrogen and oxygen atoms in total. The van der Waals surface area contributed by atoms with E-state index in [0.717, 1.165) is 31.7 Å². The summed E-state index contributed by atoms with van der Waals surface area (Å²) in [4.78, 5) is 2.40. The van der Waals surface area contributed by atoms with Crippen molar-refractivity contribution in [3.63, 3.8) is 0 Å². The molecule has 1 aliphatic heterocycles. The standard InChI is InChI=1S/C14H20ClFN2/c1-2-18(12-4-3-7-17-9-12)10-11-5-6-13(15)14(16)8-11/h5-6,8,12,17H,2-4,7,9-10H2,1H3. The molecule has 1 atom stereocenters. The second-order valence-corrected chi connectivity index (χ2v) is 5.22. The Kier molecular flexibility index (Phi) is 4.98. The van der Waals surface area contributed by atoms with E-state index in [2.05, 4.69) is 17.1 Å². The van der Waals surface area contributed by atoms with E-state index in [0.29, 0.717) is 6.04 Å². The van der Waals surface area contributed by atoms with Crippen LogP contribution in [0.1, 0.15) is 25.3 Å². The molecular weight excluding hydrogens is 251 g/mol. The molecule has 100 valence electrons. The Bertz CT molecular complexity index is 391. The number of nitrogens with zero attached hydrogens (tertiary/aromatic N) is 1. The van der Waals surface area contributed by atoms with E-state index in [9.17, 15) is 4.39 Å². The van der Waals surface area contributed by atoms with E-state index in [1.807, 2.05) is 6.07 Å². The average Bonchev–Trinajstić information content (AvgIpc) is 2.41. The molecule has 0 aliphatic carbocycles. The van der Waals surface area contributed by atoms with Crippen molar-refractivity contribution in [2.45, 2.75) is 32.4 Å². The van der Waals surface area contributed by atoms with Crippen LogP contribution in [0.3, 0.4) is 0 Å². The summed E-state index contributed by atoms with van der Waals surface area (Å²) in [6.45, 7) is 6.07. The van der Waals surface area contributed by atoms with Crippen LogP contribution >= 0.6 is 11.6 Å². The Morgan fingerprint density at radius 1 is 1.50 bits per heavy atom. The average molecular weight is 271 g/mol. The van der Waals surface area contributed by atoms with Crippen molar-refractivity contribution >= 4 is 11.6 Å². The highest BCUT2D eigenvalue weighted by molar-refractivity contribution is 6.30. The van der Waals surface area contributed by atoms with Crippen molar-refractivity contribution in [3.8, 4) is 0 Å². The molecule has 1 fully saturated rings. The summed E-state index contributed by atoms with van der Waals surface area (Å²) in [7, 11) is 0. The minimum Gasteiger partial charge on any atom is -0.315 e. The van der Waals surface area contributed by atoms with Crippen LogP contribution < -0.4 is 5.32 Å². The fourth-order valence-corrected chi connectivity index (χ4v) is 2.63. The zero-order valence-corrected chi connectivity index (χ0v) is 11.5. The van der Waals surface area contributed by atoms with Gasteiger partial charge in [0.2, 0.25) is 0 Å². The van der Waals surface area contributed by atoms with E-state index in [-0.39, 0.29) is 10.8 Å². The monoisotopic (exact) mass is 270 g/mol. The first-order valence-corrected chi connectivity index (χ1v) is 6.97. The minimum absolute atomic E-state index is 0.195. The number of piperidine rings is 1. The molecule has 2 rings (SSSR count). The first kappa shape index (κ1) is 13.8. The molecule has 18 heavy (non-hydrogen) atoms. The molecule has 1 N–H and O–H groups in total. The van der Waals surface area contributed by atoms with Crippen molar-refractivity contribution in [3.05, 3.63) is 34.6 Å². The van der Waals surface area contributed by atoms with Gasteiger partial charge in [-0.3, -0.25) is 4.90 Å². The zero-order valence-electron chi connectivity index (χ0n) is 10.8. The second-order valence-electron chi connectivity index (χ2n) is 4.81. The van der Waals surface area contributed by atoms with Gasteiger partial charge in [0.15, 0.2) is 0 Å². The molecule has 1 aliphatic rings. The van der Waals surface area contributed by atoms with Crippen molar-refractivity contribution in [2.24, 2.45) is 0 Å². The van der Waals surface area contributed by atoms with Gasteiger partial charge in [0.25, 0.3) is 0 Å². The highest BCUT2D eigenvalue weighted by Gasteiger charge is 2.19. The Morgan fingerprint density at radius 2 is 2.33 bits per heavy atom. The van der Waals surface area contributed by atoms with E-state index < -0.39 is 0 Å². The molecular formula is C14H20ClFN2. The Balaban J connectivity index is 2.02. The first-order valence-electron chi connectivity index (χ1n) is 6.59. The lowest BCUT2D eigenvalue weighted by atomic mass is 10.0.